The third-order valence-corrected chi connectivity index (χ3v) is 3.55. The normalized spacial score (nSPS) is 14.8. The van der Waals surface area contributed by atoms with E-state index in [2.05, 4.69) is 5.10 Å². The van der Waals surface area contributed by atoms with E-state index in [1.165, 1.54) is 0 Å². The van der Waals surface area contributed by atoms with E-state index in [-0.39, 0.29) is 18.6 Å². The van der Waals surface area contributed by atoms with Crippen molar-refractivity contribution in [3.63, 3.8) is 0 Å². The molecule has 1 aliphatic rings. The van der Waals surface area contributed by atoms with Gasteiger partial charge in [0.05, 0.1) is 12.1 Å². The highest BCUT2D eigenvalue weighted by Crippen LogP contribution is 2.29. The van der Waals surface area contributed by atoms with Crippen LogP contribution >= 0.6 is 0 Å². The van der Waals surface area contributed by atoms with Crippen LogP contribution in [0.15, 0.2) is 24.3 Å². The second kappa shape index (κ2) is 4.66. The quantitative estimate of drug-likeness (QED) is 0.896. The Morgan fingerprint density at radius 2 is 2.21 bits per heavy atom. The van der Waals surface area contributed by atoms with Crippen LogP contribution in [0.25, 0.3) is 10.9 Å². The van der Waals surface area contributed by atoms with Gasteiger partial charge in [-0.3, -0.25) is 9.48 Å². The second-order valence-corrected chi connectivity index (χ2v) is 4.94. The first kappa shape index (κ1) is 12.2. The Balaban J connectivity index is 2.01. The van der Waals surface area contributed by atoms with Gasteiger partial charge in [-0.2, -0.15) is 5.10 Å². The summed E-state index contributed by atoms with van der Waals surface area (Å²) in [7, 11) is 1.84. The molecule has 1 aliphatic carbocycles. The number of benzene rings is 1. The van der Waals surface area contributed by atoms with Gasteiger partial charge in [0, 0.05) is 25.0 Å². The van der Waals surface area contributed by atoms with Gasteiger partial charge in [0.1, 0.15) is 0 Å². The van der Waals surface area contributed by atoms with Gasteiger partial charge in [-0.25, -0.2) is 0 Å². The molecule has 0 aliphatic heterocycles. The molecule has 2 aromatic rings. The van der Waals surface area contributed by atoms with Crippen LogP contribution in [0.3, 0.4) is 0 Å². The number of carbonyl (C=O) groups excluding carboxylic acids is 1. The lowest BCUT2D eigenvalue weighted by atomic mass is 10.2. The molecule has 1 aromatic carbocycles. The van der Waals surface area contributed by atoms with Crippen LogP contribution in [-0.4, -0.2) is 44.9 Å². The lowest BCUT2D eigenvalue weighted by Gasteiger charge is -2.20. The van der Waals surface area contributed by atoms with Crippen LogP contribution in [0.4, 0.5) is 0 Å². The van der Waals surface area contributed by atoms with Gasteiger partial charge in [0.15, 0.2) is 5.69 Å². The van der Waals surface area contributed by atoms with Gasteiger partial charge in [-0.1, -0.05) is 18.2 Å². The highest BCUT2D eigenvalue weighted by Gasteiger charge is 2.34. The van der Waals surface area contributed by atoms with E-state index in [9.17, 15) is 4.79 Å². The number of amides is 1. The lowest BCUT2D eigenvalue weighted by molar-refractivity contribution is 0.0703. The molecule has 1 amide bonds. The zero-order valence-corrected chi connectivity index (χ0v) is 10.9. The summed E-state index contributed by atoms with van der Waals surface area (Å²) in [6, 6.07) is 7.99. The maximum Gasteiger partial charge on any atom is 0.275 e. The molecule has 0 radical (unpaired) electrons. The molecule has 1 aromatic heterocycles. The summed E-state index contributed by atoms with van der Waals surface area (Å²) in [5.41, 5.74) is 1.43. The van der Waals surface area contributed by atoms with Crippen molar-refractivity contribution in [2.75, 3.05) is 13.2 Å². The van der Waals surface area contributed by atoms with Crippen molar-refractivity contribution in [3.05, 3.63) is 30.0 Å². The minimum atomic E-state index is -0.0756. The molecule has 1 N–H and O–H groups in total. The fourth-order valence-corrected chi connectivity index (χ4v) is 2.45. The summed E-state index contributed by atoms with van der Waals surface area (Å²) >= 11 is 0. The molecule has 0 unspecified atom stereocenters. The molecule has 3 rings (SSSR count). The summed E-state index contributed by atoms with van der Waals surface area (Å²) in [5.74, 6) is -0.0756. The van der Waals surface area contributed by atoms with Crippen LogP contribution in [0.2, 0.25) is 0 Å². The van der Waals surface area contributed by atoms with Crippen LogP contribution in [0.1, 0.15) is 23.3 Å². The number of aryl methyl sites for hydroxylation is 1. The molecule has 5 nitrogen and oxygen atoms in total. The minimum Gasteiger partial charge on any atom is -0.395 e. The van der Waals surface area contributed by atoms with Crippen molar-refractivity contribution >= 4 is 16.8 Å². The zero-order valence-electron chi connectivity index (χ0n) is 10.9. The summed E-state index contributed by atoms with van der Waals surface area (Å²) in [4.78, 5) is 14.3. The maximum atomic E-state index is 12.6. The van der Waals surface area contributed by atoms with Crippen molar-refractivity contribution in [1.29, 1.82) is 0 Å². The number of hydrogen-bond acceptors (Lipinski definition) is 3. The molecule has 0 bridgehead atoms. The van der Waals surface area contributed by atoms with Crippen molar-refractivity contribution in [2.45, 2.75) is 18.9 Å². The third kappa shape index (κ3) is 2.10. The highest BCUT2D eigenvalue weighted by molar-refractivity contribution is 6.05. The molecule has 0 atom stereocenters. The van der Waals surface area contributed by atoms with Crippen LogP contribution in [0, 0.1) is 0 Å². The SMILES string of the molecule is Cn1nc(C(=O)N(CCO)C2CC2)c2ccccc21. The molecular formula is C14H17N3O2. The number of hydrogen-bond donors (Lipinski definition) is 1. The number of aliphatic hydroxyl groups excluding tert-OH is 1. The van der Waals surface area contributed by atoms with Gasteiger partial charge in [0.25, 0.3) is 5.91 Å². The molecule has 0 spiro atoms. The zero-order chi connectivity index (χ0) is 13.4. The molecule has 100 valence electrons. The first-order valence-corrected chi connectivity index (χ1v) is 6.56. The summed E-state index contributed by atoms with van der Waals surface area (Å²) < 4.78 is 1.73. The Morgan fingerprint density at radius 3 is 2.89 bits per heavy atom. The summed E-state index contributed by atoms with van der Waals surface area (Å²) in [6.45, 7) is 0.376. The smallest absolute Gasteiger partial charge is 0.275 e. The van der Waals surface area contributed by atoms with E-state index in [1.807, 2.05) is 31.3 Å². The molecule has 5 heteroatoms. The monoisotopic (exact) mass is 259 g/mol. The van der Waals surface area contributed by atoms with E-state index in [0.29, 0.717) is 12.2 Å². The Bertz CT molecular complexity index is 616. The second-order valence-electron chi connectivity index (χ2n) is 4.94. The van der Waals surface area contributed by atoms with Gasteiger partial charge in [-0.15, -0.1) is 0 Å². The van der Waals surface area contributed by atoms with E-state index in [4.69, 9.17) is 5.11 Å². The molecule has 0 saturated heterocycles. The van der Waals surface area contributed by atoms with Crippen molar-refractivity contribution < 1.29 is 9.90 Å². The highest BCUT2D eigenvalue weighted by atomic mass is 16.3. The fraction of sp³-hybridized carbons (Fsp3) is 0.429. The Morgan fingerprint density at radius 1 is 1.47 bits per heavy atom. The van der Waals surface area contributed by atoms with Crippen molar-refractivity contribution in [1.82, 2.24) is 14.7 Å². The standard InChI is InChI=1S/C14H17N3O2/c1-16-12-5-3-2-4-11(12)13(15-16)14(19)17(8-9-18)10-6-7-10/h2-5,10,18H,6-9H2,1H3. The molecule has 1 heterocycles. The number of para-hydroxylation sites is 1. The number of rotatable bonds is 4. The molecular weight excluding hydrogens is 242 g/mol. The lowest BCUT2D eigenvalue weighted by Crippen LogP contribution is -2.35. The summed E-state index contributed by atoms with van der Waals surface area (Å²) in [6.07, 6.45) is 2.05. The first-order valence-electron chi connectivity index (χ1n) is 6.56. The van der Waals surface area contributed by atoms with Crippen LogP contribution in [0.5, 0.6) is 0 Å². The first-order chi connectivity index (χ1) is 9.22. The van der Waals surface area contributed by atoms with Gasteiger partial charge in [-0.05, 0) is 18.9 Å². The fourth-order valence-electron chi connectivity index (χ4n) is 2.45. The number of fused-ring (bicyclic) bond motifs is 1. The third-order valence-electron chi connectivity index (χ3n) is 3.55. The maximum absolute atomic E-state index is 12.6. The van der Waals surface area contributed by atoms with Crippen LogP contribution < -0.4 is 0 Å². The van der Waals surface area contributed by atoms with E-state index < -0.39 is 0 Å². The predicted octanol–water partition coefficient (Wildman–Crippen LogP) is 1.17. The van der Waals surface area contributed by atoms with E-state index in [0.717, 1.165) is 23.7 Å². The number of carbonyl (C=O) groups is 1. The topological polar surface area (TPSA) is 58.4 Å². The van der Waals surface area contributed by atoms with Crippen molar-refractivity contribution in [2.24, 2.45) is 7.05 Å². The Hall–Kier alpha value is -1.88. The number of nitrogens with zero attached hydrogens (tertiary/aromatic N) is 3. The van der Waals surface area contributed by atoms with E-state index in [1.54, 1.807) is 9.58 Å². The Labute approximate surface area is 111 Å². The minimum absolute atomic E-state index is 0.00694. The average Bonchev–Trinajstić information content (AvgIpc) is 3.21. The largest absolute Gasteiger partial charge is 0.395 e. The Kier molecular flexibility index (Phi) is 2.98. The molecule has 1 saturated carbocycles. The van der Waals surface area contributed by atoms with Gasteiger partial charge >= 0.3 is 0 Å². The van der Waals surface area contributed by atoms with Crippen molar-refractivity contribution in [3.8, 4) is 0 Å². The van der Waals surface area contributed by atoms with E-state index >= 15 is 0 Å². The average molecular weight is 259 g/mol. The van der Waals surface area contributed by atoms with Gasteiger partial charge < -0.3 is 10.0 Å². The predicted molar refractivity (Wildman–Crippen MR) is 71.9 cm³/mol. The molecule has 1 fully saturated rings. The molecule has 19 heavy (non-hydrogen) atoms. The number of aromatic nitrogens is 2. The van der Waals surface area contributed by atoms with Crippen LogP contribution in [-0.2, 0) is 7.05 Å². The number of aliphatic hydroxyl groups is 1. The van der Waals surface area contributed by atoms with Gasteiger partial charge in [0.2, 0.25) is 0 Å². The summed E-state index contributed by atoms with van der Waals surface area (Å²) in [5, 5.41) is 14.3.